The fourth-order valence-corrected chi connectivity index (χ4v) is 3.04. The Kier molecular flexibility index (Phi) is 4.96. The molecule has 0 bridgehead atoms. The molecule has 1 aliphatic rings. The summed E-state index contributed by atoms with van der Waals surface area (Å²) in [6.07, 6.45) is 1.99. The molecule has 1 aromatic carbocycles. The lowest BCUT2D eigenvalue weighted by molar-refractivity contribution is -0.139. The molecule has 0 fully saturated rings. The van der Waals surface area contributed by atoms with Gasteiger partial charge in [-0.25, -0.2) is 0 Å². The number of rotatable bonds is 6. The van der Waals surface area contributed by atoms with E-state index >= 15 is 0 Å². The van der Waals surface area contributed by atoms with Crippen molar-refractivity contribution in [3.63, 3.8) is 0 Å². The summed E-state index contributed by atoms with van der Waals surface area (Å²) in [7, 11) is 1.64. The number of benzene rings is 1. The molecule has 0 saturated heterocycles. The van der Waals surface area contributed by atoms with Gasteiger partial charge in [-0.2, -0.15) is 0 Å². The van der Waals surface area contributed by atoms with Crippen molar-refractivity contribution in [3.8, 4) is 0 Å². The third-order valence-corrected chi connectivity index (χ3v) is 4.01. The summed E-state index contributed by atoms with van der Waals surface area (Å²) in [6, 6.07) is 6.44. The first kappa shape index (κ1) is 14.5. The molecule has 104 valence electrons. The zero-order valence-electron chi connectivity index (χ0n) is 10.9. The topological polar surface area (TPSA) is 49.8 Å². The van der Waals surface area contributed by atoms with Gasteiger partial charge in [-0.15, -0.1) is 0 Å². The van der Waals surface area contributed by atoms with E-state index in [0.29, 0.717) is 13.2 Å². The smallest absolute Gasteiger partial charge is 0.317 e. The third-order valence-electron chi connectivity index (χ3n) is 3.52. The summed E-state index contributed by atoms with van der Waals surface area (Å²) >= 11 is 3.49. The van der Waals surface area contributed by atoms with Crippen LogP contribution in [-0.4, -0.2) is 42.8 Å². The molecule has 1 atom stereocenters. The van der Waals surface area contributed by atoms with Crippen LogP contribution >= 0.6 is 15.9 Å². The normalized spacial score (nSPS) is 17.7. The highest BCUT2D eigenvalue weighted by Crippen LogP contribution is 2.37. The average molecular weight is 328 g/mol. The second kappa shape index (κ2) is 6.50. The standard InChI is InChI=1S/C14H18BrNO3/c1-19-7-6-16(9-14(17)18)13-5-3-10-2-4-11(15)8-12(10)13/h2,4,8,13H,3,5-7,9H2,1H3,(H,17,18). The molecule has 1 aliphatic carbocycles. The molecule has 0 saturated carbocycles. The molecule has 0 amide bonds. The van der Waals surface area contributed by atoms with Crippen molar-refractivity contribution in [1.82, 2.24) is 4.90 Å². The van der Waals surface area contributed by atoms with Gasteiger partial charge in [0.15, 0.2) is 0 Å². The van der Waals surface area contributed by atoms with Crippen molar-refractivity contribution in [2.75, 3.05) is 26.8 Å². The summed E-state index contributed by atoms with van der Waals surface area (Å²) < 4.78 is 6.12. The maximum Gasteiger partial charge on any atom is 0.317 e. The number of nitrogens with zero attached hydrogens (tertiary/aromatic N) is 1. The van der Waals surface area contributed by atoms with Crippen molar-refractivity contribution in [3.05, 3.63) is 33.8 Å². The highest BCUT2D eigenvalue weighted by Gasteiger charge is 2.29. The number of aryl methyl sites for hydroxylation is 1. The fourth-order valence-electron chi connectivity index (χ4n) is 2.66. The zero-order chi connectivity index (χ0) is 13.8. The lowest BCUT2D eigenvalue weighted by atomic mass is 10.1. The van der Waals surface area contributed by atoms with E-state index in [4.69, 9.17) is 9.84 Å². The van der Waals surface area contributed by atoms with Gasteiger partial charge >= 0.3 is 5.97 Å². The van der Waals surface area contributed by atoms with E-state index in [1.165, 1.54) is 11.1 Å². The zero-order valence-corrected chi connectivity index (χ0v) is 12.5. The molecule has 5 heteroatoms. The quantitative estimate of drug-likeness (QED) is 0.872. The van der Waals surface area contributed by atoms with Crippen LogP contribution in [0.15, 0.2) is 22.7 Å². The highest BCUT2D eigenvalue weighted by atomic mass is 79.9. The average Bonchev–Trinajstić information content (AvgIpc) is 2.77. The van der Waals surface area contributed by atoms with E-state index in [1.54, 1.807) is 7.11 Å². The Hall–Kier alpha value is -0.910. The summed E-state index contributed by atoms with van der Waals surface area (Å²) in [6.45, 7) is 1.24. The predicted octanol–water partition coefficient (Wildman–Crippen LogP) is 2.47. The summed E-state index contributed by atoms with van der Waals surface area (Å²) in [5.41, 5.74) is 2.56. The number of ether oxygens (including phenoxy) is 1. The number of carbonyl (C=O) groups is 1. The van der Waals surface area contributed by atoms with E-state index < -0.39 is 5.97 Å². The van der Waals surface area contributed by atoms with Crippen LogP contribution in [0.25, 0.3) is 0 Å². The van der Waals surface area contributed by atoms with Crippen LogP contribution in [0, 0.1) is 0 Å². The van der Waals surface area contributed by atoms with Crippen LogP contribution < -0.4 is 0 Å². The lowest BCUT2D eigenvalue weighted by Crippen LogP contribution is -2.35. The number of carboxylic acids is 1. The minimum Gasteiger partial charge on any atom is -0.480 e. The Balaban J connectivity index is 2.19. The Bertz CT molecular complexity index is 464. The van der Waals surface area contributed by atoms with E-state index in [-0.39, 0.29) is 12.6 Å². The number of methoxy groups -OCH3 is 1. The van der Waals surface area contributed by atoms with Crippen LogP contribution in [-0.2, 0) is 16.0 Å². The van der Waals surface area contributed by atoms with Crippen LogP contribution in [0.5, 0.6) is 0 Å². The van der Waals surface area contributed by atoms with Crippen molar-refractivity contribution < 1.29 is 14.6 Å². The van der Waals surface area contributed by atoms with Gasteiger partial charge < -0.3 is 9.84 Å². The first-order valence-corrected chi connectivity index (χ1v) is 7.14. The molecule has 1 aromatic rings. The van der Waals surface area contributed by atoms with Crippen molar-refractivity contribution in [2.24, 2.45) is 0 Å². The molecule has 1 unspecified atom stereocenters. The number of fused-ring (bicyclic) bond motifs is 1. The van der Waals surface area contributed by atoms with Gasteiger partial charge in [0.1, 0.15) is 0 Å². The van der Waals surface area contributed by atoms with E-state index in [1.807, 2.05) is 11.0 Å². The van der Waals surface area contributed by atoms with E-state index in [9.17, 15) is 4.79 Å². The molecule has 4 nitrogen and oxygen atoms in total. The summed E-state index contributed by atoms with van der Waals surface area (Å²) in [5.74, 6) is -0.792. The Morgan fingerprint density at radius 2 is 2.37 bits per heavy atom. The van der Waals surface area contributed by atoms with E-state index in [2.05, 4.69) is 28.1 Å². The van der Waals surface area contributed by atoms with Crippen molar-refractivity contribution in [2.45, 2.75) is 18.9 Å². The van der Waals surface area contributed by atoms with Crippen LogP contribution in [0.4, 0.5) is 0 Å². The number of aliphatic carboxylic acids is 1. The summed E-state index contributed by atoms with van der Waals surface area (Å²) in [4.78, 5) is 13.0. The first-order chi connectivity index (χ1) is 9.11. The largest absolute Gasteiger partial charge is 0.480 e. The summed E-state index contributed by atoms with van der Waals surface area (Å²) in [5, 5.41) is 9.05. The van der Waals surface area contributed by atoms with E-state index in [0.717, 1.165) is 17.3 Å². The van der Waals surface area contributed by atoms with Gasteiger partial charge in [0, 0.05) is 24.2 Å². The Labute approximate surface area is 121 Å². The molecule has 0 spiro atoms. The van der Waals surface area contributed by atoms with Gasteiger partial charge in [0.25, 0.3) is 0 Å². The number of hydrogen-bond donors (Lipinski definition) is 1. The minimum absolute atomic E-state index is 0.0555. The molecule has 1 N–H and O–H groups in total. The molecular weight excluding hydrogens is 310 g/mol. The Morgan fingerprint density at radius 1 is 1.58 bits per heavy atom. The maximum absolute atomic E-state index is 11.0. The minimum atomic E-state index is -0.792. The first-order valence-electron chi connectivity index (χ1n) is 6.35. The SMILES string of the molecule is COCCN(CC(=O)O)C1CCc2ccc(Br)cc21. The molecule has 0 aromatic heterocycles. The lowest BCUT2D eigenvalue weighted by Gasteiger charge is -2.27. The molecule has 0 heterocycles. The molecule has 0 aliphatic heterocycles. The van der Waals surface area contributed by atoms with Gasteiger partial charge in [-0.3, -0.25) is 9.69 Å². The predicted molar refractivity (Wildman–Crippen MR) is 76.3 cm³/mol. The molecule has 19 heavy (non-hydrogen) atoms. The number of halogens is 1. The van der Waals surface area contributed by atoms with Crippen molar-refractivity contribution in [1.29, 1.82) is 0 Å². The number of hydrogen-bond acceptors (Lipinski definition) is 3. The van der Waals surface area contributed by atoms with Crippen LogP contribution in [0.2, 0.25) is 0 Å². The fraction of sp³-hybridized carbons (Fsp3) is 0.500. The monoisotopic (exact) mass is 327 g/mol. The van der Waals surface area contributed by atoms with Crippen LogP contribution in [0.1, 0.15) is 23.6 Å². The second-order valence-corrected chi connectivity index (χ2v) is 5.67. The molecule has 2 rings (SSSR count). The number of carboxylic acid groups (broad SMARTS) is 1. The maximum atomic E-state index is 11.0. The third kappa shape index (κ3) is 3.55. The molecular formula is C14H18BrNO3. The Morgan fingerprint density at radius 3 is 3.05 bits per heavy atom. The highest BCUT2D eigenvalue weighted by molar-refractivity contribution is 9.10. The van der Waals surface area contributed by atoms with Gasteiger partial charge in [0.05, 0.1) is 13.2 Å². The van der Waals surface area contributed by atoms with Crippen molar-refractivity contribution >= 4 is 21.9 Å². The van der Waals surface area contributed by atoms with Crippen LogP contribution in [0.3, 0.4) is 0 Å². The second-order valence-electron chi connectivity index (χ2n) is 4.75. The molecule has 0 radical (unpaired) electrons. The van der Waals surface area contributed by atoms with Gasteiger partial charge in [0.2, 0.25) is 0 Å². The van der Waals surface area contributed by atoms with Gasteiger partial charge in [-0.1, -0.05) is 22.0 Å². The van der Waals surface area contributed by atoms with Gasteiger partial charge in [-0.05, 0) is 36.1 Å².